The highest BCUT2D eigenvalue weighted by Crippen LogP contribution is 2.34. The Balaban J connectivity index is 2.37. The van der Waals surface area contributed by atoms with Crippen molar-refractivity contribution in [2.24, 2.45) is 0 Å². The van der Waals surface area contributed by atoms with Crippen molar-refractivity contribution in [2.45, 2.75) is 4.90 Å². The predicted octanol–water partition coefficient (Wildman–Crippen LogP) is 1.37. The fourth-order valence-corrected chi connectivity index (χ4v) is 4.52. The maximum Gasteiger partial charge on any atom is 0.326 e. The van der Waals surface area contributed by atoms with Gasteiger partial charge in [-0.05, 0) is 35.0 Å². The molecule has 8 heteroatoms. The molecule has 4 N–H and O–H groups in total. The van der Waals surface area contributed by atoms with E-state index in [-0.39, 0.29) is 4.90 Å². The maximum atomic E-state index is 12.0. The highest BCUT2D eigenvalue weighted by molar-refractivity contribution is 7.91. The minimum absolute atomic E-state index is 0.0446. The van der Waals surface area contributed by atoms with Crippen molar-refractivity contribution in [1.82, 2.24) is 0 Å². The van der Waals surface area contributed by atoms with Crippen LogP contribution in [0.4, 0.5) is 5.69 Å². The third kappa shape index (κ3) is 3.58. The molecule has 0 saturated carbocycles. The first-order valence-electron chi connectivity index (χ1n) is 5.74. The van der Waals surface area contributed by atoms with Crippen molar-refractivity contribution in [3.05, 3.63) is 36.4 Å². The molecule has 0 unspecified atom stereocenters. The van der Waals surface area contributed by atoms with Crippen LogP contribution in [0.2, 0.25) is 0 Å². The molecular formula is C12H14NO5PS. The van der Waals surface area contributed by atoms with E-state index in [1.807, 2.05) is 0 Å². The lowest BCUT2D eigenvalue weighted by molar-refractivity contribution is 0.374. The number of hydrogen-bond acceptors (Lipinski definition) is 4. The smallest absolute Gasteiger partial charge is 0.326 e. The van der Waals surface area contributed by atoms with E-state index in [1.54, 1.807) is 24.3 Å². The fourth-order valence-electron chi connectivity index (χ4n) is 1.79. The van der Waals surface area contributed by atoms with Crippen LogP contribution in [0.3, 0.4) is 0 Å². The topological polar surface area (TPSA) is 118 Å². The zero-order valence-electron chi connectivity index (χ0n) is 10.4. The van der Waals surface area contributed by atoms with Gasteiger partial charge in [-0.1, -0.05) is 12.1 Å². The van der Waals surface area contributed by atoms with Gasteiger partial charge in [-0.2, -0.15) is 0 Å². The van der Waals surface area contributed by atoms with E-state index in [0.29, 0.717) is 11.1 Å². The summed E-state index contributed by atoms with van der Waals surface area (Å²) in [4.78, 5) is 17.6. The van der Waals surface area contributed by atoms with Gasteiger partial charge in [-0.3, -0.25) is 4.57 Å². The van der Waals surface area contributed by atoms with Crippen LogP contribution in [0.25, 0.3) is 10.8 Å². The Morgan fingerprint density at radius 1 is 1.05 bits per heavy atom. The quantitative estimate of drug-likeness (QED) is 0.579. The van der Waals surface area contributed by atoms with Crippen molar-refractivity contribution in [1.29, 1.82) is 0 Å². The molecule has 108 valence electrons. The zero-order chi connectivity index (χ0) is 15.0. The van der Waals surface area contributed by atoms with E-state index in [2.05, 4.69) is 0 Å². The van der Waals surface area contributed by atoms with Gasteiger partial charge in [-0.25, -0.2) is 8.42 Å². The van der Waals surface area contributed by atoms with Gasteiger partial charge in [0.25, 0.3) is 0 Å². The van der Waals surface area contributed by atoms with Crippen LogP contribution in [0.5, 0.6) is 0 Å². The Morgan fingerprint density at radius 2 is 1.65 bits per heavy atom. The van der Waals surface area contributed by atoms with E-state index < -0.39 is 29.3 Å². The first-order valence-corrected chi connectivity index (χ1v) is 9.19. The van der Waals surface area contributed by atoms with Crippen molar-refractivity contribution < 1.29 is 22.8 Å². The molecule has 0 aliphatic heterocycles. The molecule has 0 heterocycles. The molecule has 0 fully saturated rings. The number of anilines is 1. The number of rotatable bonds is 4. The molecule has 0 aliphatic carbocycles. The average molecular weight is 315 g/mol. The lowest BCUT2D eigenvalue weighted by Crippen LogP contribution is -2.10. The summed E-state index contributed by atoms with van der Waals surface area (Å²) < 4.78 is 34.8. The maximum absolute atomic E-state index is 12.0. The number of sulfone groups is 1. The second kappa shape index (κ2) is 5.18. The van der Waals surface area contributed by atoms with Crippen molar-refractivity contribution in [3.8, 4) is 0 Å². The van der Waals surface area contributed by atoms with Gasteiger partial charge in [-0.15, -0.1) is 0 Å². The number of fused-ring (bicyclic) bond motifs is 1. The second-order valence-electron chi connectivity index (χ2n) is 4.48. The second-order valence-corrected chi connectivity index (χ2v) is 8.36. The normalized spacial score (nSPS) is 12.7. The Bertz CT molecular complexity index is 797. The van der Waals surface area contributed by atoms with Gasteiger partial charge in [0, 0.05) is 5.69 Å². The van der Waals surface area contributed by atoms with Gasteiger partial charge in [0.2, 0.25) is 0 Å². The molecule has 2 rings (SSSR count). The minimum atomic E-state index is -4.33. The molecule has 0 spiro atoms. The van der Waals surface area contributed by atoms with E-state index in [1.165, 1.54) is 12.1 Å². The molecule has 0 bridgehead atoms. The number of benzene rings is 2. The molecule has 0 radical (unpaired) electrons. The standard InChI is InChI=1S/C12H14NO5PS/c13-11-3-1-10-8-12(4-2-9(10)7-11)20(17,18)6-5-19(14,15)16/h1-4,7-8H,5-6,13H2,(H2,14,15,16). The molecule has 0 saturated heterocycles. The van der Waals surface area contributed by atoms with Crippen LogP contribution in [-0.2, 0) is 14.4 Å². The van der Waals surface area contributed by atoms with Crippen molar-refractivity contribution >= 4 is 33.9 Å². The predicted molar refractivity (Wildman–Crippen MR) is 77.3 cm³/mol. The molecule has 0 aromatic heterocycles. The van der Waals surface area contributed by atoms with Crippen LogP contribution >= 0.6 is 7.60 Å². The highest BCUT2D eigenvalue weighted by Gasteiger charge is 2.21. The Labute approximate surface area is 116 Å². The number of hydrogen-bond donors (Lipinski definition) is 3. The van der Waals surface area contributed by atoms with Gasteiger partial charge in [0.1, 0.15) is 0 Å². The molecule has 2 aromatic rings. The summed E-state index contributed by atoms with van der Waals surface area (Å²) in [6.45, 7) is 0. The van der Waals surface area contributed by atoms with Crippen LogP contribution in [0.15, 0.2) is 41.3 Å². The highest BCUT2D eigenvalue weighted by atomic mass is 32.2. The molecular weight excluding hydrogens is 301 g/mol. The fraction of sp³-hybridized carbons (Fsp3) is 0.167. The molecule has 0 amide bonds. The van der Waals surface area contributed by atoms with Crippen LogP contribution in [-0.4, -0.2) is 30.1 Å². The first kappa shape index (κ1) is 15.0. The summed E-state index contributed by atoms with van der Waals surface area (Å²) in [5.74, 6) is -0.586. The average Bonchev–Trinajstić information content (AvgIpc) is 2.35. The van der Waals surface area contributed by atoms with Gasteiger partial charge in [0.15, 0.2) is 9.84 Å². The number of nitrogens with two attached hydrogens (primary N) is 1. The molecule has 2 aromatic carbocycles. The lowest BCUT2D eigenvalue weighted by atomic mass is 10.1. The summed E-state index contributed by atoms with van der Waals surface area (Å²) in [5.41, 5.74) is 6.22. The monoisotopic (exact) mass is 315 g/mol. The van der Waals surface area contributed by atoms with Gasteiger partial charge in [0.05, 0.1) is 16.8 Å². The van der Waals surface area contributed by atoms with Crippen molar-refractivity contribution in [3.63, 3.8) is 0 Å². The SMILES string of the molecule is Nc1ccc2cc(S(=O)(=O)CCP(=O)(O)O)ccc2c1. The lowest BCUT2D eigenvalue weighted by Gasteiger charge is -2.07. The largest absolute Gasteiger partial charge is 0.399 e. The van der Waals surface area contributed by atoms with Crippen LogP contribution < -0.4 is 5.73 Å². The van der Waals surface area contributed by atoms with E-state index in [0.717, 1.165) is 5.39 Å². The van der Waals surface area contributed by atoms with Crippen molar-refractivity contribution in [2.75, 3.05) is 17.6 Å². The van der Waals surface area contributed by atoms with E-state index >= 15 is 0 Å². The first-order chi connectivity index (χ1) is 9.17. The Hall–Kier alpha value is -1.40. The molecule has 6 nitrogen and oxygen atoms in total. The van der Waals surface area contributed by atoms with Gasteiger partial charge < -0.3 is 15.5 Å². The van der Waals surface area contributed by atoms with Crippen LogP contribution in [0, 0.1) is 0 Å². The Kier molecular flexibility index (Phi) is 3.88. The third-order valence-corrected chi connectivity index (χ3v) is 5.67. The summed E-state index contributed by atoms with van der Waals surface area (Å²) >= 11 is 0. The Morgan fingerprint density at radius 3 is 2.30 bits per heavy atom. The number of nitrogen functional groups attached to an aromatic ring is 1. The third-order valence-electron chi connectivity index (χ3n) is 2.85. The summed E-state index contributed by atoms with van der Waals surface area (Å²) in [6, 6.07) is 9.60. The summed E-state index contributed by atoms with van der Waals surface area (Å²) in [7, 11) is -8.05. The summed E-state index contributed by atoms with van der Waals surface area (Å²) in [5, 5.41) is 1.51. The van der Waals surface area contributed by atoms with Gasteiger partial charge >= 0.3 is 7.60 Å². The molecule has 0 aliphatic rings. The minimum Gasteiger partial charge on any atom is -0.399 e. The molecule has 0 atom stereocenters. The molecule has 20 heavy (non-hydrogen) atoms. The van der Waals surface area contributed by atoms with Crippen LogP contribution in [0.1, 0.15) is 0 Å². The van der Waals surface area contributed by atoms with E-state index in [9.17, 15) is 13.0 Å². The zero-order valence-corrected chi connectivity index (χ0v) is 12.1. The van der Waals surface area contributed by atoms with E-state index in [4.69, 9.17) is 15.5 Å². The summed E-state index contributed by atoms with van der Waals surface area (Å²) in [6.07, 6.45) is -0.685.